The first-order valence-corrected chi connectivity index (χ1v) is 7.20. The van der Waals surface area contributed by atoms with E-state index in [0.29, 0.717) is 12.0 Å². The molecule has 0 amide bonds. The summed E-state index contributed by atoms with van der Waals surface area (Å²) >= 11 is 0. The van der Waals surface area contributed by atoms with Crippen molar-refractivity contribution in [1.29, 1.82) is 0 Å². The molecule has 1 saturated heterocycles. The van der Waals surface area contributed by atoms with Gasteiger partial charge in [-0.1, -0.05) is 0 Å². The first kappa shape index (κ1) is 15.1. The maximum atomic E-state index is 12.8. The minimum absolute atomic E-state index is 0.0639. The van der Waals surface area contributed by atoms with E-state index >= 15 is 0 Å². The van der Waals surface area contributed by atoms with E-state index in [1.165, 1.54) is 24.3 Å². The van der Waals surface area contributed by atoms with Crippen molar-refractivity contribution >= 4 is 5.78 Å². The van der Waals surface area contributed by atoms with Gasteiger partial charge in [-0.05, 0) is 57.0 Å². The number of Topliss-reactive ketones (excluding diaryl/α,β-unsaturated/α-hetero) is 1. The van der Waals surface area contributed by atoms with Crippen LogP contribution in [0.3, 0.4) is 0 Å². The van der Waals surface area contributed by atoms with Gasteiger partial charge in [0.1, 0.15) is 5.82 Å². The number of rotatable bonds is 5. The van der Waals surface area contributed by atoms with Gasteiger partial charge < -0.3 is 10.0 Å². The molecule has 3 nitrogen and oxygen atoms in total. The molecule has 0 spiro atoms. The molecule has 2 rings (SSSR count). The monoisotopic (exact) mass is 279 g/mol. The Balaban J connectivity index is 1.71. The van der Waals surface area contributed by atoms with Crippen molar-refractivity contribution in [3.8, 4) is 0 Å². The van der Waals surface area contributed by atoms with E-state index in [1.54, 1.807) is 0 Å². The molecule has 0 atom stereocenters. The molecule has 4 heteroatoms. The van der Waals surface area contributed by atoms with E-state index < -0.39 is 5.60 Å². The van der Waals surface area contributed by atoms with Gasteiger partial charge in [-0.2, -0.15) is 0 Å². The van der Waals surface area contributed by atoms with Crippen molar-refractivity contribution < 1.29 is 14.3 Å². The van der Waals surface area contributed by atoms with Crippen LogP contribution in [0.2, 0.25) is 0 Å². The maximum Gasteiger partial charge on any atom is 0.162 e. The molecule has 110 valence electrons. The highest BCUT2D eigenvalue weighted by Crippen LogP contribution is 2.21. The number of carbonyl (C=O) groups is 1. The molecule has 0 aliphatic carbocycles. The molecule has 0 aromatic heterocycles. The van der Waals surface area contributed by atoms with Crippen LogP contribution in [-0.4, -0.2) is 41.0 Å². The summed E-state index contributed by atoms with van der Waals surface area (Å²) in [5, 5.41) is 9.87. The van der Waals surface area contributed by atoms with Gasteiger partial charge in [-0.25, -0.2) is 4.39 Å². The summed E-state index contributed by atoms with van der Waals surface area (Å²) in [6, 6.07) is 5.71. The molecule has 0 unspecified atom stereocenters. The molecule has 0 bridgehead atoms. The summed E-state index contributed by atoms with van der Waals surface area (Å²) in [5.41, 5.74) is 0.0495. The minimum Gasteiger partial charge on any atom is -0.390 e. The molecule has 1 aliphatic heterocycles. The number of hydrogen-bond donors (Lipinski definition) is 1. The number of nitrogens with zero attached hydrogens (tertiary/aromatic N) is 1. The lowest BCUT2D eigenvalue weighted by molar-refractivity contribution is -0.00550. The fraction of sp³-hybridized carbons (Fsp3) is 0.562. The number of piperidine rings is 1. The zero-order valence-electron chi connectivity index (χ0n) is 11.9. The molecular formula is C16H22FNO2. The van der Waals surface area contributed by atoms with Crippen molar-refractivity contribution in [1.82, 2.24) is 4.90 Å². The molecule has 1 N–H and O–H groups in total. The Bertz CT molecular complexity index is 446. The van der Waals surface area contributed by atoms with Crippen LogP contribution in [0.25, 0.3) is 0 Å². The number of hydrogen-bond acceptors (Lipinski definition) is 3. The number of likely N-dealkylation sites (tertiary alicyclic amines) is 1. The Morgan fingerprint density at radius 3 is 2.50 bits per heavy atom. The normalized spacial score (nSPS) is 18.9. The van der Waals surface area contributed by atoms with Crippen LogP contribution in [0.15, 0.2) is 24.3 Å². The van der Waals surface area contributed by atoms with Crippen LogP contribution in [0, 0.1) is 5.82 Å². The molecule has 1 aromatic carbocycles. The Labute approximate surface area is 119 Å². The Kier molecular flexibility index (Phi) is 4.89. The molecule has 1 aliphatic rings. The lowest BCUT2D eigenvalue weighted by Gasteiger charge is -2.35. The Morgan fingerprint density at radius 1 is 1.30 bits per heavy atom. The fourth-order valence-corrected chi connectivity index (χ4v) is 2.50. The largest absolute Gasteiger partial charge is 0.390 e. The summed E-state index contributed by atoms with van der Waals surface area (Å²) in [6.45, 7) is 4.53. The van der Waals surface area contributed by atoms with Crippen LogP contribution < -0.4 is 0 Å². The van der Waals surface area contributed by atoms with Gasteiger partial charge in [0.15, 0.2) is 5.78 Å². The van der Waals surface area contributed by atoms with E-state index in [1.807, 2.05) is 6.92 Å². The van der Waals surface area contributed by atoms with E-state index in [4.69, 9.17) is 0 Å². The quantitative estimate of drug-likeness (QED) is 0.842. The second kappa shape index (κ2) is 6.46. The van der Waals surface area contributed by atoms with Crippen molar-refractivity contribution in [3.05, 3.63) is 35.6 Å². The highest BCUT2D eigenvalue weighted by atomic mass is 19.1. The number of ketones is 1. The van der Waals surface area contributed by atoms with Gasteiger partial charge in [0.2, 0.25) is 0 Å². The van der Waals surface area contributed by atoms with Gasteiger partial charge in [0.25, 0.3) is 0 Å². The number of aliphatic hydroxyl groups is 1. The van der Waals surface area contributed by atoms with Gasteiger partial charge in [-0.15, -0.1) is 0 Å². The van der Waals surface area contributed by atoms with Gasteiger partial charge in [0, 0.05) is 25.1 Å². The summed E-state index contributed by atoms with van der Waals surface area (Å²) in [6.07, 6.45) is 2.87. The van der Waals surface area contributed by atoms with Crippen LogP contribution in [-0.2, 0) is 0 Å². The SMILES string of the molecule is CC1(O)CCN(CCCC(=O)c2ccc(F)cc2)CC1. The average molecular weight is 279 g/mol. The second-order valence-corrected chi connectivity index (χ2v) is 5.87. The summed E-state index contributed by atoms with van der Waals surface area (Å²) in [7, 11) is 0. The number of benzene rings is 1. The third kappa shape index (κ3) is 4.39. The van der Waals surface area contributed by atoms with Gasteiger partial charge in [-0.3, -0.25) is 4.79 Å². The van der Waals surface area contributed by atoms with Gasteiger partial charge in [0.05, 0.1) is 5.60 Å². The highest BCUT2D eigenvalue weighted by Gasteiger charge is 2.26. The van der Waals surface area contributed by atoms with E-state index in [9.17, 15) is 14.3 Å². The summed E-state index contributed by atoms with van der Waals surface area (Å²) in [5.74, 6) is -0.254. The Morgan fingerprint density at radius 2 is 1.90 bits per heavy atom. The van der Waals surface area contributed by atoms with Crippen LogP contribution >= 0.6 is 0 Å². The van der Waals surface area contributed by atoms with Crippen LogP contribution in [0.1, 0.15) is 43.0 Å². The zero-order chi connectivity index (χ0) is 14.6. The van der Waals surface area contributed by atoms with Crippen molar-refractivity contribution in [2.24, 2.45) is 0 Å². The van der Waals surface area contributed by atoms with E-state index in [-0.39, 0.29) is 11.6 Å². The summed E-state index contributed by atoms with van der Waals surface area (Å²) < 4.78 is 12.8. The third-order valence-corrected chi connectivity index (χ3v) is 3.98. The zero-order valence-corrected chi connectivity index (χ0v) is 11.9. The molecule has 0 saturated carbocycles. The van der Waals surface area contributed by atoms with Gasteiger partial charge >= 0.3 is 0 Å². The predicted molar refractivity (Wildman–Crippen MR) is 76.3 cm³/mol. The van der Waals surface area contributed by atoms with Crippen molar-refractivity contribution in [2.45, 2.75) is 38.2 Å². The first-order chi connectivity index (χ1) is 9.46. The number of carbonyl (C=O) groups excluding carboxylic acids is 1. The molecule has 1 aromatic rings. The third-order valence-electron chi connectivity index (χ3n) is 3.98. The van der Waals surface area contributed by atoms with Crippen LogP contribution in [0.5, 0.6) is 0 Å². The Hall–Kier alpha value is -1.26. The van der Waals surface area contributed by atoms with E-state index in [2.05, 4.69) is 4.90 Å². The topological polar surface area (TPSA) is 40.5 Å². The predicted octanol–water partition coefficient (Wildman–Crippen LogP) is 2.64. The molecular weight excluding hydrogens is 257 g/mol. The fourth-order valence-electron chi connectivity index (χ4n) is 2.50. The molecule has 20 heavy (non-hydrogen) atoms. The lowest BCUT2D eigenvalue weighted by atomic mass is 9.93. The minimum atomic E-state index is -0.527. The first-order valence-electron chi connectivity index (χ1n) is 7.20. The van der Waals surface area contributed by atoms with E-state index in [0.717, 1.165) is 38.9 Å². The second-order valence-electron chi connectivity index (χ2n) is 5.87. The van der Waals surface area contributed by atoms with Crippen molar-refractivity contribution in [3.63, 3.8) is 0 Å². The summed E-state index contributed by atoms with van der Waals surface area (Å²) in [4.78, 5) is 14.2. The molecule has 1 heterocycles. The highest BCUT2D eigenvalue weighted by molar-refractivity contribution is 5.95. The standard InChI is InChI=1S/C16H22FNO2/c1-16(20)8-11-18(12-9-16)10-2-3-15(19)13-4-6-14(17)7-5-13/h4-7,20H,2-3,8-12H2,1H3. The number of halogens is 1. The maximum absolute atomic E-state index is 12.8. The lowest BCUT2D eigenvalue weighted by Crippen LogP contribution is -2.42. The molecule has 0 radical (unpaired) electrons. The van der Waals surface area contributed by atoms with Crippen LogP contribution in [0.4, 0.5) is 4.39 Å². The smallest absolute Gasteiger partial charge is 0.162 e. The van der Waals surface area contributed by atoms with Crippen molar-refractivity contribution in [2.75, 3.05) is 19.6 Å². The average Bonchev–Trinajstić information content (AvgIpc) is 2.41. The molecule has 1 fully saturated rings.